The van der Waals surface area contributed by atoms with Crippen LogP contribution in [0.2, 0.25) is 0 Å². The summed E-state index contributed by atoms with van der Waals surface area (Å²) in [4.78, 5) is 31.4. The van der Waals surface area contributed by atoms with Crippen LogP contribution in [0, 0.1) is 22.7 Å². The van der Waals surface area contributed by atoms with Crippen LogP contribution in [0.1, 0.15) is 43.2 Å². The maximum Gasteiger partial charge on any atom is 0.280 e. The van der Waals surface area contributed by atoms with Crippen LogP contribution in [-0.4, -0.2) is 58.5 Å². The number of nitrogens with zero attached hydrogens (tertiary/aromatic N) is 4. The highest BCUT2D eigenvalue weighted by molar-refractivity contribution is 8.26. The van der Waals surface area contributed by atoms with Crippen molar-refractivity contribution in [2.24, 2.45) is 0 Å². The van der Waals surface area contributed by atoms with Gasteiger partial charge in [0.15, 0.2) is 0 Å². The molecule has 2 N–H and O–H groups in total. The van der Waals surface area contributed by atoms with Crippen molar-refractivity contribution in [2.75, 3.05) is 26.4 Å². The molecule has 14 heteroatoms. The van der Waals surface area contributed by atoms with E-state index in [1.807, 2.05) is 72.8 Å². The fourth-order valence-corrected chi connectivity index (χ4v) is 10.9. The third-order valence-electron chi connectivity index (χ3n) is 8.03. The van der Waals surface area contributed by atoms with Gasteiger partial charge in [-0.3, -0.25) is 9.59 Å². The van der Waals surface area contributed by atoms with Gasteiger partial charge in [0.05, 0.1) is 54.4 Å². The number of unbranched alkanes of at least 4 members (excludes halogenated alkanes) is 3. The number of nitriles is 2. The third-order valence-corrected chi connectivity index (χ3v) is 13.2. The molecule has 1 fully saturated rings. The number of fused-ring (bicyclic) bond motifs is 2. The van der Waals surface area contributed by atoms with Crippen molar-refractivity contribution in [3.63, 3.8) is 0 Å². The molecule has 3 aromatic rings. The zero-order valence-corrected chi connectivity index (χ0v) is 30.8. The van der Waals surface area contributed by atoms with E-state index in [0.29, 0.717) is 78.5 Å². The molecule has 3 aliphatic rings. The molecule has 0 atom stereocenters. The Labute approximate surface area is 313 Å². The van der Waals surface area contributed by atoms with E-state index in [4.69, 9.17) is 9.47 Å². The van der Waals surface area contributed by atoms with E-state index in [0.717, 1.165) is 17.5 Å². The summed E-state index contributed by atoms with van der Waals surface area (Å²) in [6, 6.07) is 23.1. The van der Waals surface area contributed by atoms with Gasteiger partial charge in [0.2, 0.25) is 0 Å². The Morgan fingerprint density at radius 2 is 1.06 bits per heavy atom. The van der Waals surface area contributed by atoms with Crippen molar-refractivity contribution in [1.29, 1.82) is 10.5 Å². The molecule has 10 nitrogen and oxygen atoms in total. The Bertz CT molecular complexity index is 1860. The summed E-state index contributed by atoms with van der Waals surface area (Å²) in [5.41, 5.74) is 1.84. The summed E-state index contributed by atoms with van der Waals surface area (Å²) >= 11 is 5.12. The SMILES string of the molecule is N#CC(C#N)=C1Sc2c(OCCCCO)c3c(c(OCCCCCO)c2S1)SC(=C1C(=O)N(Cc2ccccc2)N(Cc2ccccc2)C1=O)S3. The van der Waals surface area contributed by atoms with Crippen molar-refractivity contribution in [1.82, 2.24) is 10.0 Å². The lowest BCUT2D eigenvalue weighted by Crippen LogP contribution is -2.39. The van der Waals surface area contributed by atoms with Crippen molar-refractivity contribution in [3.8, 4) is 23.6 Å². The summed E-state index contributed by atoms with van der Waals surface area (Å²) in [5.74, 6) is 0.284. The van der Waals surface area contributed by atoms with E-state index >= 15 is 0 Å². The van der Waals surface area contributed by atoms with Crippen LogP contribution >= 0.6 is 47.0 Å². The first kappa shape index (κ1) is 36.8. The second kappa shape index (κ2) is 17.5. The van der Waals surface area contributed by atoms with E-state index in [1.54, 1.807) is 0 Å². The summed E-state index contributed by atoms with van der Waals surface area (Å²) in [6.07, 6.45) is 3.25. The standard InChI is InChI=1S/C37H34N4O6S4/c38-20-26(21-39)36-48-30-28(46-18-10-3-8-16-42)32-33(29(31(30)49-36)47-19-11-9-17-43)51-37(50-32)27-34(44)40(22-24-12-4-1-5-13-24)41(35(27)45)23-25-14-6-2-7-15-25/h1-2,4-7,12-15,42-43H,3,8-11,16-19,22-23H2. The minimum absolute atomic E-state index is 0.0104. The first-order valence-corrected chi connectivity index (χ1v) is 19.7. The molecular weight excluding hydrogens is 725 g/mol. The average molecular weight is 759 g/mol. The number of hydrazine groups is 1. The highest BCUT2D eigenvalue weighted by atomic mass is 32.2. The first-order valence-electron chi connectivity index (χ1n) is 16.4. The number of aliphatic hydroxyl groups excluding tert-OH is 2. The number of benzene rings is 3. The normalized spacial score (nSPS) is 14.9. The Balaban J connectivity index is 1.43. The Morgan fingerprint density at radius 1 is 0.627 bits per heavy atom. The van der Waals surface area contributed by atoms with Gasteiger partial charge >= 0.3 is 0 Å². The van der Waals surface area contributed by atoms with Gasteiger partial charge in [0, 0.05) is 13.2 Å². The minimum atomic E-state index is -0.395. The van der Waals surface area contributed by atoms with E-state index in [9.17, 15) is 30.3 Å². The molecule has 0 radical (unpaired) electrons. The molecule has 3 aromatic carbocycles. The number of hydrogen-bond acceptors (Lipinski definition) is 12. The number of allylic oxidation sites excluding steroid dienone is 1. The van der Waals surface area contributed by atoms with Crippen molar-refractivity contribution in [3.05, 3.63) is 91.4 Å². The van der Waals surface area contributed by atoms with Gasteiger partial charge in [-0.15, -0.1) is 0 Å². The van der Waals surface area contributed by atoms with Gasteiger partial charge in [-0.2, -0.15) is 10.5 Å². The number of aliphatic hydroxyl groups is 2. The second-order valence-corrected chi connectivity index (χ2v) is 16.1. The van der Waals surface area contributed by atoms with E-state index in [2.05, 4.69) is 0 Å². The molecular formula is C37H34N4O6S4. The smallest absolute Gasteiger partial charge is 0.280 e. The Kier molecular flexibility index (Phi) is 12.6. The largest absolute Gasteiger partial charge is 0.491 e. The van der Waals surface area contributed by atoms with E-state index in [1.165, 1.54) is 57.1 Å². The fourth-order valence-electron chi connectivity index (χ4n) is 5.51. The van der Waals surface area contributed by atoms with Crippen LogP contribution in [0.15, 0.2) is 99.9 Å². The molecule has 3 heterocycles. The van der Waals surface area contributed by atoms with E-state index < -0.39 is 11.8 Å². The van der Waals surface area contributed by atoms with Crippen LogP contribution in [0.4, 0.5) is 0 Å². The van der Waals surface area contributed by atoms with Gasteiger partial charge in [0.25, 0.3) is 11.8 Å². The molecule has 0 aromatic heterocycles. The third kappa shape index (κ3) is 8.07. The number of carbonyl (C=O) groups excluding carboxylic acids is 2. The minimum Gasteiger partial charge on any atom is -0.491 e. The molecule has 0 bridgehead atoms. The van der Waals surface area contributed by atoms with Crippen LogP contribution in [0.25, 0.3) is 0 Å². The lowest BCUT2D eigenvalue weighted by atomic mass is 10.2. The lowest BCUT2D eigenvalue weighted by molar-refractivity contribution is -0.149. The molecule has 6 rings (SSSR count). The predicted molar refractivity (Wildman–Crippen MR) is 197 cm³/mol. The number of thioether (sulfide) groups is 4. The quantitative estimate of drug-likeness (QED) is 0.0698. The van der Waals surface area contributed by atoms with Gasteiger partial charge in [0.1, 0.15) is 34.8 Å². The first-order chi connectivity index (χ1) is 25.0. The molecule has 0 spiro atoms. The molecule has 3 aliphatic heterocycles. The highest BCUT2D eigenvalue weighted by Gasteiger charge is 2.46. The van der Waals surface area contributed by atoms with Crippen LogP contribution in [-0.2, 0) is 22.7 Å². The van der Waals surface area contributed by atoms with Crippen LogP contribution < -0.4 is 9.47 Å². The molecule has 1 saturated heterocycles. The molecule has 0 saturated carbocycles. The summed E-state index contributed by atoms with van der Waals surface area (Å²) in [7, 11) is 0. The zero-order valence-electron chi connectivity index (χ0n) is 27.5. The molecule has 0 aliphatic carbocycles. The van der Waals surface area contributed by atoms with E-state index in [-0.39, 0.29) is 37.4 Å². The predicted octanol–water partition coefficient (Wildman–Crippen LogP) is 7.23. The lowest BCUT2D eigenvalue weighted by Gasteiger charge is -2.27. The number of hydrogen-bond donors (Lipinski definition) is 2. The number of ether oxygens (including phenoxy) is 2. The zero-order chi connectivity index (χ0) is 35.7. The van der Waals surface area contributed by atoms with Crippen molar-refractivity contribution >= 4 is 58.9 Å². The second-order valence-electron chi connectivity index (χ2n) is 11.5. The average Bonchev–Trinajstić information content (AvgIpc) is 3.84. The maximum atomic E-state index is 14.3. The number of carbonyl (C=O) groups is 2. The number of amides is 2. The Hall–Kier alpha value is -4.02. The van der Waals surface area contributed by atoms with Gasteiger partial charge in [-0.25, -0.2) is 10.0 Å². The summed E-state index contributed by atoms with van der Waals surface area (Å²) in [5, 5.41) is 41.0. The van der Waals surface area contributed by atoms with Crippen LogP contribution in [0.5, 0.6) is 11.5 Å². The highest BCUT2D eigenvalue weighted by Crippen LogP contribution is 2.68. The Morgan fingerprint density at radius 3 is 1.51 bits per heavy atom. The van der Waals surface area contributed by atoms with Gasteiger partial charge in [-0.05, 0) is 43.2 Å². The molecule has 2 amide bonds. The maximum absolute atomic E-state index is 14.3. The van der Waals surface area contributed by atoms with Crippen LogP contribution in [0.3, 0.4) is 0 Å². The van der Waals surface area contributed by atoms with Gasteiger partial charge < -0.3 is 19.7 Å². The summed E-state index contributed by atoms with van der Waals surface area (Å²) in [6.45, 7) is 1.21. The van der Waals surface area contributed by atoms with Crippen molar-refractivity contribution < 1.29 is 29.3 Å². The molecule has 262 valence electrons. The topological polar surface area (TPSA) is 147 Å². The number of rotatable bonds is 15. The fraction of sp³-hybridized carbons (Fsp3) is 0.297. The summed E-state index contributed by atoms with van der Waals surface area (Å²) < 4.78 is 13.9. The monoisotopic (exact) mass is 758 g/mol. The molecule has 0 unspecified atom stereocenters. The van der Waals surface area contributed by atoms with Gasteiger partial charge in [-0.1, -0.05) is 108 Å². The molecule has 51 heavy (non-hydrogen) atoms. The van der Waals surface area contributed by atoms with Crippen molar-refractivity contribution in [2.45, 2.75) is 64.8 Å².